The maximum Gasteiger partial charge on any atom is 0.271 e. The van der Waals surface area contributed by atoms with Gasteiger partial charge in [0.05, 0.1) is 4.92 Å². The number of amides is 1. The quantitative estimate of drug-likeness (QED) is 0.659. The van der Waals surface area contributed by atoms with Crippen molar-refractivity contribution in [2.75, 3.05) is 31.1 Å². The van der Waals surface area contributed by atoms with Gasteiger partial charge in [0, 0.05) is 56.5 Å². The molecule has 0 aliphatic carbocycles. The maximum atomic E-state index is 11.9. The molecule has 1 fully saturated rings. The molecule has 1 aliphatic heterocycles. The van der Waals surface area contributed by atoms with Crippen LogP contribution < -0.4 is 10.6 Å². The van der Waals surface area contributed by atoms with Gasteiger partial charge >= 0.3 is 0 Å². The molecule has 0 saturated carbocycles. The lowest BCUT2D eigenvalue weighted by Crippen LogP contribution is -2.49. The topological polar surface area (TPSA) is 92.7 Å². The lowest BCUT2D eigenvalue weighted by Gasteiger charge is -2.36. The normalized spacial score (nSPS) is 16.7. The maximum absolute atomic E-state index is 11.9. The molecule has 0 bridgehead atoms. The number of benzene rings is 1. The van der Waals surface area contributed by atoms with Crippen LogP contribution in [0.3, 0.4) is 0 Å². The zero-order chi connectivity index (χ0) is 15.4. The zero-order valence-electron chi connectivity index (χ0n) is 12.1. The van der Waals surface area contributed by atoms with Gasteiger partial charge in [-0.25, -0.2) is 0 Å². The van der Waals surface area contributed by atoms with Gasteiger partial charge in [-0.05, 0) is 13.0 Å². The average molecular weight is 292 g/mol. The fourth-order valence-electron chi connectivity index (χ4n) is 2.42. The number of carbonyl (C=O) groups is 1. The minimum absolute atomic E-state index is 0.0729. The molecule has 2 rings (SSSR count). The fourth-order valence-corrected chi connectivity index (χ4v) is 2.42. The molecular formula is C14H20N4O3. The molecule has 1 saturated heterocycles. The van der Waals surface area contributed by atoms with E-state index in [2.05, 4.69) is 4.90 Å². The molecule has 7 heteroatoms. The molecule has 2 N–H and O–H groups in total. The Morgan fingerprint density at radius 1 is 1.38 bits per heavy atom. The number of non-ortho nitro benzene ring substituents is 1. The molecule has 114 valence electrons. The Hall–Kier alpha value is -2.15. The molecule has 1 amide bonds. The first-order chi connectivity index (χ1) is 9.97. The number of anilines is 1. The standard InChI is InChI=1S/C14H20N4O3/c1-11(15)9-14(19)17-7-5-16(6-8-17)12-3-2-4-13(10-12)18(20)21/h2-4,10-11H,5-9,15H2,1H3. The van der Waals surface area contributed by atoms with Crippen molar-refractivity contribution >= 4 is 17.3 Å². The van der Waals surface area contributed by atoms with E-state index in [9.17, 15) is 14.9 Å². The Kier molecular flexibility index (Phi) is 4.74. The third-order valence-corrected chi connectivity index (χ3v) is 3.53. The van der Waals surface area contributed by atoms with E-state index in [1.165, 1.54) is 6.07 Å². The first-order valence-electron chi connectivity index (χ1n) is 7.00. The van der Waals surface area contributed by atoms with Crippen molar-refractivity contribution in [2.45, 2.75) is 19.4 Å². The summed E-state index contributed by atoms with van der Waals surface area (Å²) in [6.45, 7) is 4.40. The molecule has 1 unspecified atom stereocenters. The zero-order valence-corrected chi connectivity index (χ0v) is 12.1. The largest absolute Gasteiger partial charge is 0.368 e. The Labute approximate surface area is 123 Å². The Morgan fingerprint density at radius 3 is 2.62 bits per heavy atom. The number of nitrogens with zero attached hydrogens (tertiary/aromatic N) is 3. The van der Waals surface area contributed by atoms with Crippen LogP contribution in [0.25, 0.3) is 0 Å². The lowest BCUT2D eigenvalue weighted by atomic mass is 10.2. The van der Waals surface area contributed by atoms with Crippen LogP contribution in [0.15, 0.2) is 24.3 Å². The van der Waals surface area contributed by atoms with Gasteiger partial charge in [0.25, 0.3) is 5.69 Å². The van der Waals surface area contributed by atoms with Crippen LogP contribution in [0, 0.1) is 10.1 Å². The van der Waals surface area contributed by atoms with Gasteiger partial charge < -0.3 is 15.5 Å². The van der Waals surface area contributed by atoms with Gasteiger partial charge in [-0.3, -0.25) is 14.9 Å². The van der Waals surface area contributed by atoms with Crippen LogP contribution in [0.5, 0.6) is 0 Å². The number of nitro groups is 1. The number of hydrogen-bond acceptors (Lipinski definition) is 5. The molecular weight excluding hydrogens is 272 g/mol. The van der Waals surface area contributed by atoms with Gasteiger partial charge in [0.15, 0.2) is 0 Å². The number of nitrogens with two attached hydrogens (primary N) is 1. The smallest absolute Gasteiger partial charge is 0.271 e. The summed E-state index contributed by atoms with van der Waals surface area (Å²) in [6, 6.07) is 6.45. The van der Waals surface area contributed by atoms with Crippen molar-refractivity contribution in [1.29, 1.82) is 0 Å². The van der Waals surface area contributed by atoms with Gasteiger partial charge in [-0.2, -0.15) is 0 Å². The first kappa shape index (κ1) is 15.2. The molecule has 1 aromatic carbocycles. The van der Waals surface area contributed by atoms with Crippen LogP contribution in [-0.4, -0.2) is 48.0 Å². The number of hydrogen-bond donors (Lipinski definition) is 1. The SMILES string of the molecule is CC(N)CC(=O)N1CCN(c2cccc([N+](=O)[O-])c2)CC1. The fraction of sp³-hybridized carbons (Fsp3) is 0.500. The second kappa shape index (κ2) is 6.53. The Bertz CT molecular complexity index is 525. The van der Waals surface area contributed by atoms with E-state index < -0.39 is 4.92 Å². The van der Waals surface area contributed by atoms with Crippen LogP contribution in [0.4, 0.5) is 11.4 Å². The van der Waals surface area contributed by atoms with Crippen molar-refractivity contribution in [1.82, 2.24) is 4.90 Å². The van der Waals surface area contributed by atoms with Gasteiger partial charge in [0.2, 0.25) is 5.91 Å². The van der Waals surface area contributed by atoms with E-state index in [1.807, 2.05) is 13.0 Å². The summed E-state index contributed by atoms with van der Waals surface area (Å²) in [5.41, 5.74) is 6.55. The highest BCUT2D eigenvalue weighted by Crippen LogP contribution is 2.22. The third-order valence-electron chi connectivity index (χ3n) is 3.53. The summed E-state index contributed by atoms with van der Waals surface area (Å²) < 4.78 is 0. The predicted molar refractivity (Wildman–Crippen MR) is 80.2 cm³/mol. The van der Waals surface area contributed by atoms with Crippen molar-refractivity contribution < 1.29 is 9.72 Å². The molecule has 0 aromatic heterocycles. The van der Waals surface area contributed by atoms with Gasteiger partial charge in [-0.15, -0.1) is 0 Å². The minimum atomic E-state index is -0.397. The summed E-state index contributed by atoms with van der Waals surface area (Å²) in [4.78, 5) is 26.2. The number of piperazine rings is 1. The van der Waals surface area contributed by atoms with E-state index >= 15 is 0 Å². The molecule has 1 aliphatic rings. The summed E-state index contributed by atoms with van der Waals surface area (Å²) in [6.07, 6.45) is 0.358. The van der Waals surface area contributed by atoms with Gasteiger partial charge in [0.1, 0.15) is 0 Å². The first-order valence-corrected chi connectivity index (χ1v) is 7.00. The van der Waals surface area contributed by atoms with Crippen molar-refractivity contribution in [3.8, 4) is 0 Å². The Balaban J connectivity index is 1.96. The Morgan fingerprint density at radius 2 is 2.05 bits per heavy atom. The highest BCUT2D eigenvalue weighted by molar-refractivity contribution is 5.77. The second-order valence-electron chi connectivity index (χ2n) is 5.33. The second-order valence-corrected chi connectivity index (χ2v) is 5.33. The summed E-state index contributed by atoms with van der Waals surface area (Å²) in [7, 11) is 0. The third kappa shape index (κ3) is 3.91. The summed E-state index contributed by atoms with van der Waals surface area (Å²) in [5.74, 6) is 0.0729. The van der Waals surface area contributed by atoms with Crippen molar-refractivity contribution in [2.24, 2.45) is 5.73 Å². The van der Waals surface area contributed by atoms with Crippen molar-refractivity contribution in [3.05, 3.63) is 34.4 Å². The van der Waals surface area contributed by atoms with E-state index in [0.717, 1.165) is 5.69 Å². The number of carbonyl (C=O) groups excluding carboxylic acids is 1. The minimum Gasteiger partial charge on any atom is -0.368 e. The van der Waals surface area contributed by atoms with Crippen LogP contribution >= 0.6 is 0 Å². The van der Waals surface area contributed by atoms with Crippen LogP contribution in [-0.2, 0) is 4.79 Å². The predicted octanol–water partition coefficient (Wildman–Crippen LogP) is 0.981. The van der Waals surface area contributed by atoms with E-state index in [4.69, 9.17) is 5.73 Å². The molecule has 0 radical (unpaired) electrons. The van der Waals surface area contributed by atoms with Gasteiger partial charge in [-0.1, -0.05) is 6.07 Å². The van der Waals surface area contributed by atoms with Crippen LogP contribution in [0.1, 0.15) is 13.3 Å². The highest BCUT2D eigenvalue weighted by Gasteiger charge is 2.22. The van der Waals surface area contributed by atoms with Crippen molar-refractivity contribution in [3.63, 3.8) is 0 Å². The highest BCUT2D eigenvalue weighted by atomic mass is 16.6. The van der Waals surface area contributed by atoms with E-state index in [1.54, 1.807) is 17.0 Å². The monoisotopic (exact) mass is 292 g/mol. The average Bonchev–Trinajstić information content (AvgIpc) is 2.47. The molecule has 7 nitrogen and oxygen atoms in total. The molecule has 21 heavy (non-hydrogen) atoms. The summed E-state index contributed by atoms with van der Waals surface area (Å²) >= 11 is 0. The molecule has 1 aromatic rings. The summed E-state index contributed by atoms with van der Waals surface area (Å²) in [5, 5.41) is 10.8. The van der Waals surface area contributed by atoms with E-state index in [-0.39, 0.29) is 17.6 Å². The molecule has 0 spiro atoms. The molecule has 1 atom stereocenters. The molecule has 1 heterocycles. The number of rotatable bonds is 4. The van der Waals surface area contributed by atoms with Crippen LogP contribution in [0.2, 0.25) is 0 Å². The lowest BCUT2D eigenvalue weighted by molar-refractivity contribution is -0.384. The van der Waals surface area contributed by atoms with E-state index in [0.29, 0.717) is 32.6 Å². The number of nitro benzene ring substituents is 1.